The van der Waals surface area contributed by atoms with Crippen molar-refractivity contribution in [3.05, 3.63) is 47.2 Å². The van der Waals surface area contributed by atoms with Gasteiger partial charge in [-0.15, -0.1) is 0 Å². The molecule has 140 valence electrons. The van der Waals surface area contributed by atoms with Crippen molar-refractivity contribution in [1.82, 2.24) is 4.90 Å². The number of hydrogen-bond donors (Lipinski definition) is 0. The van der Waals surface area contributed by atoms with Crippen molar-refractivity contribution in [2.24, 2.45) is 11.3 Å². The maximum Gasteiger partial charge on any atom is 0.257 e. The molecule has 3 rings (SSSR count). The standard InChI is InChI=1S/C22H24N2O3/c1-14-10-16-6-5-7-18(19(16)27-14)21(26)24(4)9-8-15-11-17(13-23)20(25)22(2,3)12-15/h5-7,10-11,15H,8-9,12H2,1-4H3. The maximum atomic E-state index is 12.9. The highest BCUT2D eigenvalue weighted by molar-refractivity contribution is 6.05. The first kappa shape index (κ1) is 18.9. The molecule has 1 aliphatic rings. The maximum absolute atomic E-state index is 12.9. The molecule has 1 unspecified atom stereocenters. The van der Waals surface area contributed by atoms with E-state index in [1.807, 2.05) is 45.0 Å². The number of benzene rings is 1. The zero-order valence-electron chi connectivity index (χ0n) is 16.2. The van der Waals surface area contributed by atoms with Crippen LogP contribution in [0.5, 0.6) is 0 Å². The van der Waals surface area contributed by atoms with E-state index in [1.54, 1.807) is 24.1 Å². The first-order valence-electron chi connectivity index (χ1n) is 9.14. The van der Waals surface area contributed by atoms with E-state index in [9.17, 15) is 14.9 Å². The van der Waals surface area contributed by atoms with E-state index in [2.05, 4.69) is 0 Å². The van der Waals surface area contributed by atoms with Gasteiger partial charge in [0.15, 0.2) is 5.78 Å². The third-order valence-electron chi connectivity index (χ3n) is 5.23. The van der Waals surface area contributed by atoms with Crippen molar-refractivity contribution in [1.29, 1.82) is 5.26 Å². The first-order chi connectivity index (χ1) is 12.7. The van der Waals surface area contributed by atoms with Crippen molar-refractivity contribution in [2.45, 2.75) is 33.6 Å². The number of Topliss-reactive ketones (excluding diaryl/α,β-unsaturated/α-hetero) is 1. The lowest BCUT2D eigenvalue weighted by Crippen LogP contribution is -2.34. The second-order valence-corrected chi connectivity index (χ2v) is 7.97. The second-order valence-electron chi connectivity index (χ2n) is 7.97. The first-order valence-corrected chi connectivity index (χ1v) is 9.14. The summed E-state index contributed by atoms with van der Waals surface area (Å²) in [5.41, 5.74) is 0.865. The van der Waals surface area contributed by atoms with Crippen molar-refractivity contribution in [3.63, 3.8) is 0 Å². The molecular weight excluding hydrogens is 340 g/mol. The van der Waals surface area contributed by atoms with Gasteiger partial charge < -0.3 is 9.32 Å². The molecule has 0 saturated heterocycles. The van der Waals surface area contributed by atoms with Crippen molar-refractivity contribution >= 4 is 22.7 Å². The van der Waals surface area contributed by atoms with Gasteiger partial charge in [0.25, 0.3) is 5.91 Å². The summed E-state index contributed by atoms with van der Waals surface area (Å²) in [5.74, 6) is 0.691. The van der Waals surface area contributed by atoms with E-state index in [4.69, 9.17) is 4.42 Å². The molecule has 1 heterocycles. The number of carbonyl (C=O) groups excluding carboxylic acids is 2. The topological polar surface area (TPSA) is 74.3 Å². The SMILES string of the molecule is Cc1cc2cccc(C(=O)N(C)CCC3C=C(C#N)C(=O)C(C)(C)C3)c2o1. The van der Waals surface area contributed by atoms with Crippen LogP contribution < -0.4 is 0 Å². The average Bonchev–Trinajstić information content (AvgIpc) is 3.01. The van der Waals surface area contributed by atoms with Gasteiger partial charge in [0.2, 0.25) is 0 Å². The Bertz CT molecular complexity index is 975. The van der Waals surface area contributed by atoms with Gasteiger partial charge in [-0.05, 0) is 37.8 Å². The number of para-hydroxylation sites is 1. The van der Waals surface area contributed by atoms with Gasteiger partial charge in [0, 0.05) is 24.4 Å². The van der Waals surface area contributed by atoms with Crippen molar-refractivity contribution in [3.8, 4) is 6.07 Å². The highest BCUT2D eigenvalue weighted by Crippen LogP contribution is 2.36. The van der Waals surface area contributed by atoms with Crippen LogP contribution >= 0.6 is 0 Å². The number of hydrogen-bond acceptors (Lipinski definition) is 4. The minimum atomic E-state index is -0.537. The van der Waals surface area contributed by atoms with E-state index in [0.717, 1.165) is 11.1 Å². The van der Waals surface area contributed by atoms with E-state index >= 15 is 0 Å². The second kappa shape index (κ2) is 7.03. The van der Waals surface area contributed by atoms with Crippen LogP contribution in [-0.4, -0.2) is 30.2 Å². The molecule has 1 aromatic carbocycles. The van der Waals surface area contributed by atoms with Crippen LogP contribution in [0.2, 0.25) is 0 Å². The number of carbonyl (C=O) groups is 2. The van der Waals surface area contributed by atoms with Crippen LogP contribution in [-0.2, 0) is 4.79 Å². The molecule has 1 aromatic heterocycles. The predicted molar refractivity (Wildman–Crippen MR) is 103 cm³/mol. The summed E-state index contributed by atoms with van der Waals surface area (Å²) in [7, 11) is 1.77. The molecule has 1 amide bonds. The fraction of sp³-hybridized carbons (Fsp3) is 0.409. The van der Waals surface area contributed by atoms with Crippen LogP contribution in [0.3, 0.4) is 0 Å². The van der Waals surface area contributed by atoms with Gasteiger partial charge in [0.1, 0.15) is 17.4 Å². The van der Waals surface area contributed by atoms with Crippen LogP contribution in [0.1, 0.15) is 42.8 Å². The fourth-order valence-corrected chi connectivity index (χ4v) is 3.78. The number of rotatable bonds is 4. The minimum absolute atomic E-state index is 0.0921. The Kier molecular flexibility index (Phi) is 4.93. The van der Waals surface area contributed by atoms with Crippen LogP contribution in [0, 0.1) is 29.6 Å². The van der Waals surface area contributed by atoms with Gasteiger partial charge in [-0.3, -0.25) is 9.59 Å². The van der Waals surface area contributed by atoms with Gasteiger partial charge in [-0.1, -0.05) is 32.1 Å². The molecule has 0 radical (unpaired) electrons. The molecule has 0 saturated carbocycles. The van der Waals surface area contributed by atoms with Crippen LogP contribution in [0.25, 0.3) is 11.0 Å². The molecule has 0 aliphatic heterocycles. The summed E-state index contributed by atoms with van der Waals surface area (Å²) in [6.45, 7) is 6.16. The Labute approximate surface area is 159 Å². The molecule has 5 heteroatoms. The highest BCUT2D eigenvalue weighted by atomic mass is 16.3. The minimum Gasteiger partial charge on any atom is -0.461 e. The Balaban J connectivity index is 1.73. The lowest BCUT2D eigenvalue weighted by Gasteiger charge is -2.32. The van der Waals surface area contributed by atoms with Crippen molar-refractivity contribution < 1.29 is 14.0 Å². The fourth-order valence-electron chi connectivity index (χ4n) is 3.78. The Morgan fingerprint density at radius 3 is 2.85 bits per heavy atom. The summed E-state index contributed by atoms with van der Waals surface area (Å²) in [5, 5.41) is 10.1. The monoisotopic (exact) mass is 364 g/mol. The number of nitriles is 1. The largest absolute Gasteiger partial charge is 0.461 e. The molecule has 1 atom stereocenters. The van der Waals surface area contributed by atoms with Gasteiger partial charge in [-0.2, -0.15) is 5.26 Å². The van der Waals surface area contributed by atoms with E-state index < -0.39 is 5.41 Å². The molecule has 0 fully saturated rings. The predicted octanol–water partition coefficient (Wildman–Crippen LogP) is 4.27. The number of nitrogens with zero attached hydrogens (tertiary/aromatic N) is 2. The van der Waals surface area contributed by atoms with Gasteiger partial charge in [-0.25, -0.2) is 0 Å². The van der Waals surface area contributed by atoms with E-state index in [-0.39, 0.29) is 23.2 Å². The molecule has 1 aliphatic carbocycles. The molecule has 0 N–H and O–H groups in total. The summed E-state index contributed by atoms with van der Waals surface area (Å²) >= 11 is 0. The quantitative estimate of drug-likeness (QED) is 0.812. The van der Waals surface area contributed by atoms with Crippen LogP contribution in [0.15, 0.2) is 40.3 Å². The molecular formula is C22H24N2O3. The van der Waals surface area contributed by atoms with E-state index in [1.165, 1.54) is 0 Å². The zero-order valence-corrected chi connectivity index (χ0v) is 16.2. The Morgan fingerprint density at radius 2 is 2.15 bits per heavy atom. The van der Waals surface area contributed by atoms with Crippen LogP contribution in [0.4, 0.5) is 0 Å². The third-order valence-corrected chi connectivity index (χ3v) is 5.23. The smallest absolute Gasteiger partial charge is 0.257 e. The summed E-state index contributed by atoms with van der Waals surface area (Å²) in [4.78, 5) is 26.8. The Morgan fingerprint density at radius 1 is 1.41 bits per heavy atom. The molecule has 0 bridgehead atoms. The number of amides is 1. The number of ketones is 1. The summed E-state index contributed by atoms with van der Waals surface area (Å²) < 4.78 is 5.70. The molecule has 5 nitrogen and oxygen atoms in total. The van der Waals surface area contributed by atoms with Gasteiger partial charge in [0.05, 0.1) is 11.1 Å². The number of fused-ring (bicyclic) bond motifs is 1. The average molecular weight is 364 g/mol. The van der Waals surface area contributed by atoms with E-state index in [0.29, 0.717) is 30.5 Å². The normalized spacial score (nSPS) is 18.9. The van der Waals surface area contributed by atoms with Gasteiger partial charge >= 0.3 is 0 Å². The molecule has 2 aromatic rings. The highest BCUT2D eigenvalue weighted by Gasteiger charge is 2.36. The molecule has 0 spiro atoms. The third kappa shape index (κ3) is 3.66. The number of furan rings is 1. The molecule has 27 heavy (non-hydrogen) atoms. The Hall–Kier alpha value is -2.87. The zero-order chi connectivity index (χ0) is 19.8. The number of aryl methyl sites for hydroxylation is 1. The summed E-state index contributed by atoms with van der Waals surface area (Å²) in [6.07, 6.45) is 3.16. The van der Waals surface area contributed by atoms with Crippen molar-refractivity contribution in [2.75, 3.05) is 13.6 Å². The lowest BCUT2D eigenvalue weighted by molar-refractivity contribution is -0.124. The summed E-state index contributed by atoms with van der Waals surface area (Å²) in [6, 6.07) is 9.50. The lowest BCUT2D eigenvalue weighted by atomic mass is 9.71. The number of allylic oxidation sites excluding steroid dienone is 2.